The highest BCUT2D eigenvalue weighted by atomic mass is 19.4. The highest BCUT2D eigenvalue weighted by Crippen LogP contribution is 2.23. The first-order chi connectivity index (χ1) is 7.81. The summed E-state index contributed by atoms with van der Waals surface area (Å²) in [6, 6.07) is 0. The van der Waals surface area contributed by atoms with Gasteiger partial charge in [-0.15, -0.1) is 0 Å². The molecule has 0 atom stereocenters. The summed E-state index contributed by atoms with van der Waals surface area (Å²) in [4.78, 5) is 0. The number of hydrogen-bond donors (Lipinski definition) is 1. The molecule has 0 radical (unpaired) electrons. The molecule has 17 heavy (non-hydrogen) atoms. The lowest BCUT2D eigenvalue weighted by molar-refractivity contribution is -0.135. The summed E-state index contributed by atoms with van der Waals surface area (Å²) in [6.45, 7) is 8.07. The predicted octanol–water partition coefficient (Wildman–Crippen LogP) is 4.30. The summed E-state index contributed by atoms with van der Waals surface area (Å²) in [7, 11) is 0. The fourth-order valence-electron chi connectivity index (χ4n) is 1.48. The molecule has 0 aliphatic carbocycles. The van der Waals surface area contributed by atoms with Crippen LogP contribution in [0.5, 0.6) is 0 Å². The third kappa shape index (κ3) is 13.4. The van der Waals surface area contributed by atoms with Gasteiger partial charge in [-0.3, -0.25) is 0 Å². The van der Waals surface area contributed by atoms with Crippen LogP contribution in [0.4, 0.5) is 13.2 Å². The Labute approximate surface area is 102 Å². The molecule has 0 unspecified atom stereocenters. The van der Waals surface area contributed by atoms with Gasteiger partial charge < -0.3 is 5.32 Å². The van der Waals surface area contributed by atoms with Gasteiger partial charge in [-0.25, -0.2) is 0 Å². The molecule has 102 valence electrons. The first kappa shape index (κ1) is 16.5. The van der Waals surface area contributed by atoms with Crippen LogP contribution in [-0.2, 0) is 0 Å². The normalized spacial score (nSPS) is 13.5. The van der Waals surface area contributed by atoms with Crippen molar-refractivity contribution < 1.29 is 13.2 Å². The quantitative estimate of drug-likeness (QED) is 0.501. The van der Waals surface area contributed by atoms with Crippen molar-refractivity contribution in [3.63, 3.8) is 0 Å². The predicted molar refractivity (Wildman–Crippen MR) is 66.0 cm³/mol. The van der Waals surface area contributed by atoms with Crippen molar-refractivity contribution in [3.8, 4) is 0 Å². The van der Waals surface area contributed by atoms with E-state index in [2.05, 4.69) is 19.2 Å². The highest BCUT2D eigenvalue weighted by Gasteiger charge is 2.25. The van der Waals surface area contributed by atoms with E-state index in [1.165, 1.54) is 0 Å². The number of halogens is 3. The van der Waals surface area contributed by atoms with E-state index in [1.807, 2.05) is 13.0 Å². The second kappa shape index (κ2) is 8.56. The third-order valence-electron chi connectivity index (χ3n) is 2.40. The maximum absolute atomic E-state index is 11.9. The molecule has 0 heterocycles. The van der Waals surface area contributed by atoms with Crippen LogP contribution in [0.2, 0.25) is 0 Å². The van der Waals surface area contributed by atoms with Crippen LogP contribution >= 0.6 is 0 Å². The van der Waals surface area contributed by atoms with Crippen molar-refractivity contribution in [1.82, 2.24) is 5.32 Å². The van der Waals surface area contributed by atoms with Gasteiger partial charge in [-0.05, 0) is 45.2 Å². The Hall–Kier alpha value is -0.510. The summed E-state index contributed by atoms with van der Waals surface area (Å²) in [6.07, 6.45) is -1.02. The second-order valence-corrected chi connectivity index (χ2v) is 4.91. The zero-order valence-corrected chi connectivity index (χ0v) is 11.0. The number of alkyl halides is 3. The van der Waals surface area contributed by atoms with Crippen LogP contribution in [0, 0.1) is 5.92 Å². The Balaban J connectivity index is 3.52. The molecule has 0 aromatic heterocycles. The maximum Gasteiger partial charge on any atom is 0.389 e. The zero-order valence-electron chi connectivity index (χ0n) is 11.0. The Morgan fingerprint density at radius 3 is 2.47 bits per heavy atom. The van der Waals surface area contributed by atoms with Gasteiger partial charge in [0.25, 0.3) is 0 Å². The molecular weight excluding hydrogens is 227 g/mol. The molecule has 0 aliphatic heterocycles. The van der Waals surface area contributed by atoms with Crippen LogP contribution in [0.1, 0.15) is 46.5 Å². The van der Waals surface area contributed by atoms with E-state index in [0.29, 0.717) is 12.3 Å². The van der Waals surface area contributed by atoms with Crippen LogP contribution in [0.3, 0.4) is 0 Å². The van der Waals surface area contributed by atoms with Crippen LogP contribution < -0.4 is 5.32 Å². The molecule has 0 saturated heterocycles. The average Bonchev–Trinajstić information content (AvgIpc) is 2.14. The summed E-state index contributed by atoms with van der Waals surface area (Å²) in [5.74, 6) is 0.631. The minimum atomic E-state index is -4.01. The van der Waals surface area contributed by atoms with Crippen LogP contribution in [-0.4, -0.2) is 19.3 Å². The molecule has 4 heteroatoms. The number of rotatable bonds is 8. The van der Waals surface area contributed by atoms with Gasteiger partial charge in [0, 0.05) is 6.42 Å². The lowest BCUT2D eigenvalue weighted by Gasteiger charge is -2.07. The van der Waals surface area contributed by atoms with Crippen molar-refractivity contribution >= 4 is 0 Å². The molecule has 0 bridgehead atoms. The first-order valence-electron chi connectivity index (χ1n) is 6.24. The van der Waals surface area contributed by atoms with Gasteiger partial charge in [0.15, 0.2) is 0 Å². The lowest BCUT2D eigenvalue weighted by atomic mass is 10.1. The van der Waals surface area contributed by atoms with Gasteiger partial charge in [-0.2, -0.15) is 13.2 Å². The molecule has 0 amide bonds. The van der Waals surface area contributed by atoms with Crippen LogP contribution in [0.25, 0.3) is 0 Å². The molecule has 0 fully saturated rings. The monoisotopic (exact) mass is 251 g/mol. The number of nitrogens with one attached hydrogen (secondary N) is 1. The van der Waals surface area contributed by atoms with Gasteiger partial charge in [0.2, 0.25) is 0 Å². The molecule has 0 aromatic carbocycles. The van der Waals surface area contributed by atoms with E-state index < -0.39 is 12.6 Å². The van der Waals surface area contributed by atoms with E-state index in [1.54, 1.807) is 0 Å². The van der Waals surface area contributed by atoms with Crippen molar-refractivity contribution in [2.45, 2.75) is 52.6 Å². The van der Waals surface area contributed by atoms with Crippen molar-refractivity contribution in [2.75, 3.05) is 13.1 Å². The fourth-order valence-corrected chi connectivity index (χ4v) is 1.48. The Morgan fingerprint density at radius 1 is 1.29 bits per heavy atom. The summed E-state index contributed by atoms with van der Waals surface area (Å²) in [5, 5.41) is 3.30. The van der Waals surface area contributed by atoms with Crippen LogP contribution in [0.15, 0.2) is 11.6 Å². The minimum absolute atomic E-state index is 0.200. The Bertz CT molecular complexity index is 219. The van der Waals surface area contributed by atoms with E-state index in [9.17, 15) is 13.2 Å². The van der Waals surface area contributed by atoms with E-state index in [4.69, 9.17) is 0 Å². The Kier molecular flexibility index (Phi) is 8.30. The van der Waals surface area contributed by atoms with Gasteiger partial charge in [0.1, 0.15) is 0 Å². The first-order valence-corrected chi connectivity index (χ1v) is 6.24. The SMILES string of the molecule is C/C(=C/CCNCC(C)C)CCCC(F)(F)F. The summed E-state index contributed by atoms with van der Waals surface area (Å²) in [5.41, 5.74) is 1.06. The zero-order chi connectivity index (χ0) is 13.3. The highest BCUT2D eigenvalue weighted by molar-refractivity contribution is 4.97. The van der Waals surface area contributed by atoms with Crippen molar-refractivity contribution in [1.29, 1.82) is 0 Å². The van der Waals surface area contributed by atoms with E-state index >= 15 is 0 Å². The van der Waals surface area contributed by atoms with Crippen molar-refractivity contribution in [2.24, 2.45) is 5.92 Å². The summed E-state index contributed by atoms with van der Waals surface area (Å²) >= 11 is 0. The summed E-state index contributed by atoms with van der Waals surface area (Å²) < 4.78 is 35.7. The smallest absolute Gasteiger partial charge is 0.316 e. The van der Waals surface area contributed by atoms with Crippen molar-refractivity contribution in [3.05, 3.63) is 11.6 Å². The molecule has 1 nitrogen and oxygen atoms in total. The molecular formula is C13H24F3N. The standard InChI is InChI=1S/C13H24F3N/c1-11(2)10-17-9-5-7-12(3)6-4-8-13(14,15)16/h7,11,17H,4-6,8-10H2,1-3H3/b12-7-. The fraction of sp³-hybridized carbons (Fsp3) is 0.846. The van der Waals surface area contributed by atoms with E-state index in [0.717, 1.165) is 25.1 Å². The van der Waals surface area contributed by atoms with Gasteiger partial charge in [0.05, 0.1) is 0 Å². The second-order valence-electron chi connectivity index (χ2n) is 4.91. The molecule has 1 N–H and O–H groups in total. The minimum Gasteiger partial charge on any atom is -0.316 e. The third-order valence-corrected chi connectivity index (χ3v) is 2.40. The molecule has 0 rings (SSSR count). The lowest BCUT2D eigenvalue weighted by Crippen LogP contribution is -2.20. The maximum atomic E-state index is 11.9. The topological polar surface area (TPSA) is 12.0 Å². The number of hydrogen-bond acceptors (Lipinski definition) is 1. The molecule has 0 aromatic rings. The Morgan fingerprint density at radius 2 is 1.94 bits per heavy atom. The molecule has 0 spiro atoms. The average molecular weight is 251 g/mol. The molecule has 0 saturated carbocycles. The van der Waals surface area contributed by atoms with Gasteiger partial charge in [-0.1, -0.05) is 25.5 Å². The number of allylic oxidation sites excluding steroid dienone is 1. The van der Waals surface area contributed by atoms with E-state index in [-0.39, 0.29) is 6.42 Å². The molecule has 0 aliphatic rings. The largest absolute Gasteiger partial charge is 0.389 e. The van der Waals surface area contributed by atoms with Gasteiger partial charge >= 0.3 is 6.18 Å².